The van der Waals surface area contributed by atoms with Crippen molar-refractivity contribution in [3.05, 3.63) is 11.9 Å². The van der Waals surface area contributed by atoms with E-state index in [2.05, 4.69) is 34.3 Å². The molecule has 96 valence electrons. The van der Waals surface area contributed by atoms with Crippen LogP contribution in [-0.2, 0) is 0 Å². The highest BCUT2D eigenvalue weighted by Crippen LogP contribution is 2.19. The first-order chi connectivity index (χ1) is 8.15. The molecule has 1 aromatic heterocycles. The second kappa shape index (κ2) is 7.06. The Kier molecular flexibility index (Phi) is 5.69. The van der Waals surface area contributed by atoms with Crippen molar-refractivity contribution in [1.29, 1.82) is 0 Å². The maximum absolute atomic E-state index is 5.66. The first kappa shape index (κ1) is 13.7. The minimum absolute atomic E-state index is 0.676. The Morgan fingerprint density at radius 3 is 2.76 bits per heavy atom. The van der Waals surface area contributed by atoms with E-state index in [9.17, 15) is 0 Å². The van der Waals surface area contributed by atoms with Gasteiger partial charge in [-0.15, -0.1) is 0 Å². The molecule has 1 rings (SSSR count). The molecule has 1 heterocycles. The average molecular weight is 238 g/mol. The van der Waals surface area contributed by atoms with Crippen molar-refractivity contribution in [2.75, 3.05) is 39.1 Å². The van der Waals surface area contributed by atoms with Gasteiger partial charge >= 0.3 is 0 Å². The van der Waals surface area contributed by atoms with Gasteiger partial charge in [0.05, 0.1) is 12.2 Å². The van der Waals surface area contributed by atoms with Gasteiger partial charge in [-0.3, -0.25) is 0 Å². The lowest BCUT2D eigenvalue weighted by atomic mass is 10.3. The lowest BCUT2D eigenvalue weighted by Crippen LogP contribution is -2.16. The summed E-state index contributed by atoms with van der Waals surface area (Å²) >= 11 is 0. The Balaban J connectivity index is 2.50. The quantitative estimate of drug-likeness (QED) is 0.730. The lowest BCUT2D eigenvalue weighted by molar-refractivity contribution is 0.271. The zero-order chi connectivity index (χ0) is 12.7. The van der Waals surface area contributed by atoms with Crippen molar-refractivity contribution in [2.45, 2.75) is 20.3 Å². The van der Waals surface area contributed by atoms with Gasteiger partial charge in [0.1, 0.15) is 12.1 Å². The summed E-state index contributed by atoms with van der Waals surface area (Å²) in [5.41, 5.74) is 0.971. The van der Waals surface area contributed by atoms with Gasteiger partial charge in [-0.1, -0.05) is 0 Å². The van der Waals surface area contributed by atoms with Crippen molar-refractivity contribution in [2.24, 2.45) is 0 Å². The number of aromatic nitrogens is 2. The molecule has 1 N–H and O–H groups in total. The van der Waals surface area contributed by atoms with Crippen LogP contribution in [0.3, 0.4) is 0 Å². The van der Waals surface area contributed by atoms with E-state index in [4.69, 9.17) is 4.74 Å². The molecule has 1 aromatic rings. The minimum atomic E-state index is 0.676. The highest BCUT2D eigenvalue weighted by Gasteiger charge is 2.06. The van der Waals surface area contributed by atoms with Crippen molar-refractivity contribution >= 4 is 5.82 Å². The van der Waals surface area contributed by atoms with E-state index in [0.717, 1.165) is 30.9 Å². The highest BCUT2D eigenvalue weighted by molar-refractivity contribution is 5.47. The standard InChI is InChI=1S/C12H22N4O/c1-5-13-11-10(2)12(15-9-14-11)17-8-6-7-16(3)4/h9H,5-8H2,1-4H3,(H,13,14,15). The molecule has 0 aromatic carbocycles. The Bertz CT molecular complexity index is 341. The van der Waals surface area contributed by atoms with Gasteiger partial charge in [0.15, 0.2) is 0 Å². The summed E-state index contributed by atoms with van der Waals surface area (Å²) in [5.74, 6) is 1.53. The summed E-state index contributed by atoms with van der Waals surface area (Å²) in [6.45, 7) is 6.56. The smallest absolute Gasteiger partial charge is 0.221 e. The molecule has 0 radical (unpaired) electrons. The summed E-state index contributed by atoms with van der Waals surface area (Å²) in [7, 11) is 4.11. The molecular formula is C12H22N4O. The molecule has 5 heteroatoms. The molecule has 0 amide bonds. The molecule has 17 heavy (non-hydrogen) atoms. The topological polar surface area (TPSA) is 50.3 Å². The number of nitrogens with one attached hydrogen (secondary N) is 1. The third-order valence-electron chi connectivity index (χ3n) is 2.37. The van der Waals surface area contributed by atoms with Crippen LogP contribution in [0.5, 0.6) is 5.88 Å². The first-order valence-electron chi connectivity index (χ1n) is 5.98. The average Bonchev–Trinajstić information content (AvgIpc) is 2.29. The Morgan fingerprint density at radius 2 is 2.12 bits per heavy atom. The normalized spacial score (nSPS) is 10.6. The van der Waals surface area contributed by atoms with Crippen LogP contribution < -0.4 is 10.1 Å². The molecule has 0 fully saturated rings. The summed E-state index contributed by atoms with van der Waals surface area (Å²) in [5, 5.41) is 3.19. The number of hydrogen-bond donors (Lipinski definition) is 1. The number of ether oxygens (including phenoxy) is 1. The lowest BCUT2D eigenvalue weighted by Gasteiger charge is -2.12. The molecule has 0 spiro atoms. The molecule has 0 aliphatic rings. The Hall–Kier alpha value is -1.36. The van der Waals surface area contributed by atoms with E-state index in [1.54, 1.807) is 0 Å². The largest absolute Gasteiger partial charge is 0.477 e. The molecule has 0 bridgehead atoms. The SMILES string of the molecule is CCNc1ncnc(OCCCN(C)C)c1C. The van der Waals surface area contributed by atoms with E-state index >= 15 is 0 Å². The van der Waals surface area contributed by atoms with Gasteiger partial charge in [-0.25, -0.2) is 9.97 Å². The predicted molar refractivity (Wildman–Crippen MR) is 69.6 cm³/mol. The van der Waals surface area contributed by atoms with Crippen LogP contribution in [0.1, 0.15) is 18.9 Å². The molecular weight excluding hydrogens is 216 g/mol. The van der Waals surface area contributed by atoms with E-state index in [1.807, 2.05) is 13.8 Å². The fourth-order valence-corrected chi connectivity index (χ4v) is 1.47. The molecule has 0 atom stereocenters. The number of anilines is 1. The van der Waals surface area contributed by atoms with Crippen molar-refractivity contribution < 1.29 is 4.74 Å². The van der Waals surface area contributed by atoms with Gasteiger partial charge in [-0.2, -0.15) is 0 Å². The number of rotatable bonds is 7. The Morgan fingerprint density at radius 1 is 1.35 bits per heavy atom. The van der Waals surface area contributed by atoms with E-state index in [0.29, 0.717) is 12.5 Å². The molecule has 0 unspecified atom stereocenters. The molecule has 0 saturated carbocycles. The molecule has 5 nitrogen and oxygen atoms in total. The van der Waals surface area contributed by atoms with Crippen LogP contribution in [0.4, 0.5) is 5.82 Å². The Labute approximate surface area is 103 Å². The number of nitrogens with zero attached hydrogens (tertiary/aromatic N) is 3. The second-order valence-electron chi connectivity index (χ2n) is 4.19. The maximum atomic E-state index is 5.66. The minimum Gasteiger partial charge on any atom is -0.477 e. The third-order valence-corrected chi connectivity index (χ3v) is 2.37. The monoisotopic (exact) mass is 238 g/mol. The van der Waals surface area contributed by atoms with E-state index < -0.39 is 0 Å². The fraction of sp³-hybridized carbons (Fsp3) is 0.667. The van der Waals surface area contributed by atoms with Crippen LogP contribution in [0.2, 0.25) is 0 Å². The van der Waals surface area contributed by atoms with Gasteiger partial charge in [0.25, 0.3) is 0 Å². The highest BCUT2D eigenvalue weighted by atomic mass is 16.5. The van der Waals surface area contributed by atoms with Crippen molar-refractivity contribution in [3.8, 4) is 5.88 Å². The molecule has 0 saturated heterocycles. The third kappa shape index (κ3) is 4.56. The van der Waals surface area contributed by atoms with Crippen LogP contribution in [0.25, 0.3) is 0 Å². The maximum Gasteiger partial charge on any atom is 0.221 e. The van der Waals surface area contributed by atoms with Crippen LogP contribution in [-0.4, -0.2) is 48.7 Å². The van der Waals surface area contributed by atoms with Gasteiger partial charge in [0, 0.05) is 13.1 Å². The summed E-state index contributed by atoms with van der Waals surface area (Å²) in [6, 6.07) is 0. The van der Waals surface area contributed by atoms with Crippen LogP contribution in [0, 0.1) is 6.92 Å². The van der Waals surface area contributed by atoms with Gasteiger partial charge in [-0.05, 0) is 34.4 Å². The number of hydrogen-bond acceptors (Lipinski definition) is 5. The second-order valence-corrected chi connectivity index (χ2v) is 4.19. The van der Waals surface area contributed by atoms with Crippen LogP contribution >= 0.6 is 0 Å². The summed E-state index contributed by atoms with van der Waals surface area (Å²) in [6.07, 6.45) is 2.53. The molecule has 0 aliphatic heterocycles. The van der Waals surface area contributed by atoms with Gasteiger partial charge in [0.2, 0.25) is 5.88 Å². The zero-order valence-corrected chi connectivity index (χ0v) is 11.2. The van der Waals surface area contributed by atoms with E-state index in [-0.39, 0.29) is 0 Å². The molecule has 0 aliphatic carbocycles. The predicted octanol–water partition coefficient (Wildman–Crippen LogP) is 1.55. The van der Waals surface area contributed by atoms with E-state index in [1.165, 1.54) is 6.33 Å². The zero-order valence-electron chi connectivity index (χ0n) is 11.2. The van der Waals surface area contributed by atoms with Crippen molar-refractivity contribution in [3.63, 3.8) is 0 Å². The van der Waals surface area contributed by atoms with Gasteiger partial charge < -0.3 is 15.0 Å². The van der Waals surface area contributed by atoms with Crippen LogP contribution in [0.15, 0.2) is 6.33 Å². The first-order valence-corrected chi connectivity index (χ1v) is 5.98. The summed E-state index contributed by atoms with van der Waals surface area (Å²) in [4.78, 5) is 10.5. The summed E-state index contributed by atoms with van der Waals surface area (Å²) < 4.78 is 5.66. The van der Waals surface area contributed by atoms with Crippen molar-refractivity contribution in [1.82, 2.24) is 14.9 Å². The fourth-order valence-electron chi connectivity index (χ4n) is 1.47.